The van der Waals surface area contributed by atoms with Crippen LogP contribution in [0.25, 0.3) is 11.3 Å². The fourth-order valence-corrected chi connectivity index (χ4v) is 2.44. The Morgan fingerprint density at radius 3 is 2.72 bits per heavy atom. The summed E-state index contributed by atoms with van der Waals surface area (Å²) in [4.78, 5) is 9.02. The van der Waals surface area contributed by atoms with Crippen molar-refractivity contribution in [1.82, 2.24) is 9.97 Å². The topological polar surface area (TPSA) is 25.8 Å². The van der Waals surface area contributed by atoms with E-state index in [1.807, 2.05) is 12.4 Å². The second kappa shape index (κ2) is 5.30. The predicted octanol–water partition coefficient (Wildman–Crippen LogP) is 3.97. The molecule has 2 heteroatoms. The van der Waals surface area contributed by atoms with E-state index in [9.17, 15) is 0 Å². The van der Waals surface area contributed by atoms with Gasteiger partial charge in [-0.25, -0.2) is 0 Å². The molecule has 0 aromatic carbocycles. The zero-order valence-corrected chi connectivity index (χ0v) is 10.1. The summed E-state index contributed by atoms with van der Waals surface area (Å²) in [6.07, 6.45) is 8.67. The van der Waals surface area contributed by atoms with Gasteiger partial charge in [-0.05, 0) is 55.9 Å². The van der Waals surface area contributed by atoms with Crippen molar-refractivity contribution in [1.29, 1.82) is 0 Å². The smallest absolute Gasteiger partial charge is 0.0721 e. The van der Waals surface area contributed by atoms with Crippen molar-refractivity contribution >= 4 is 0 Å². The Kier molecular flexibility index (Phi) is 3.75. The molecule has 2 heterocycles. The number of aryl methyl sites for hydroxylation is 3. The highest BCUT2D eigenvalue weighted by Crippen LogP contribution is 2.24. The Labute approximate surface area is 109 Å². The maximum Gasteiger partial charge on any atom is 0.0721 e. The molecular formula is C16H20N2. The van der Waals surface area contributed by atoms with Gasteiger partial charge in [0, 0.05) is 23.7 Å². The van der Waals surface area contributed by atoms with Gasteiger partial charge in [0.15, 0.2) is 0 Å². The first-order valence-electron chi connectivity index (χ1n) is 6.24. The third-order valence-corrected chi connectivity index (χ3v) is 3.35. The minimum absolute atomic E-state index is 0. The predicted molar refractivity (Wildman–Crippen MR) is 75.6 cm³/mol. The molecule has 0 atom stereocenters. The maximum atomic E-state index is 4.78. The van der Waals surface area contributed by atoms with Crippen LogP contribution in [0.15, 0.2) is 30.6 Å². The number of nitrogens with zero attached hydrogens (tertiary/aromatic N) is 2. The van der Waals surface area contributed by atoms with Crippen LogP contribution in [0.5, 0.6) is 0 Å². The Balaban J connectivity index is 0.00000120. The molecule has 0 spiro atoms. The van der Waals surface area contributed by atoms with Gasteiger partial charge in [-0.2, -0.15) is 0 Å². The van der Waals surface area contributed by atoms with Crippen LogP contribution in [0.1, 0.15) is 37.1 Å². The summed E-state index contributed by atoms with van der Waals surface area (Å²) in [6, 6.07) is 6.50. The van der Waals surface area contributed by atoms with Crippen molar-refractivity contribution in [3.63, 3.8) is 0 Å². The van der Waals surface area contributed by atoms with Crippen LogP contribution < -0.4 is 0 Å². The molecule has 0 fully saturated rings. The van der Waals surface area contributed by atoms with E-state index in [0.29, 0.717) is 0 Å². The fraction of sp³-hybridized carbons (Fsp3) is 0.375. The molecule has 18 heavy (non-hydrogen) atoms. The summed E-state index contributed by atoms with van der Waals surface area (Å²) in [6.45, 7) is 2.06. The molecule has 0 N–H and O–H groups in total. The normalized spacial score (nSPS) is 13.6. The minimum atomic E-state index is 0. The van der Waals surface area contributed by atoms with Crippen molar-refractivity contribution in [2.75, 3.05) is 0 Å². The van der Waals surface area contributed by atoms with Gasteiger partial charge in [-0.1, -0.05) is 13.5 Å². The van der Waals surface area contributed by atoms with Crippen molar-refractivity contribution in [2.24, 2.45) is 0 Å². The Bertz CT molecular complexity index is 547. The zero-order chi connectivity index (χ0) is 11.7. The van der Waals surface area contributed by atoms with E-state index in [4.69, 9.17) is 4.98 Å². The first-order valence-corrected chi connectivity index (χ1v) is 6.24. The van der Waals surface area contributed by atoms with Gasteiger partial charge < -0.3 is 0 Å². The monoisotopic (exact) mass is 240 g/mol. The quantitative estimate of drug-likeness (QED) is 0.753. The molecule has 0 radical (unpaired) electrons. The average molecular weight is 240 g/mol. The van der Waals surface area contributed by atoms with Crippen LogP contribution in [-0.2, 0) is 12.8 Å². The number of hydrogen-bond donors (Lipinski definition) is 0. The van der Waals surface area contributed by atoms with Crippen molar-refractivity contribution < 1.29 is 0 Å². The summed E-state index contributed by atoms with van der Waals surface area (Å²) in [5, 5.41) is 0. The number of fused-ring (bicyclic) bond motifs is 1. The molecule has 0 aliphatic heterocycles. The second-order valence-electron chi connectivity index (χ2n) is 4.76. The number of hydrogen-bond acceptors (Lipinski definition) is 2. The lowest BCUT2D eigenvalue weighted by molar-refractivity contribution is 0.668. The maximum absolute atomic E-state index is 4.78. The molecule has 1 aliphatic rings. The number of rotatable bonds is 1. The van der Waals surface area contributed by atoms with E-state index < -0.39 is 0 Å². The largest absolute Gasteiger partial charge is 0.264 e. The lowest BCUT2D eigenvalue weighted by Crippen LogP contribution is -2.05. The molecule has 94 valence electrons. The second-order valence-corrected chi connectivity index (χ2v) is 4.76. The van der Waals surface area contributed by atoms with Gasteiger partial charge in [-0.15, -0.1) is 0 Å². The highest BCUT2D eigenvalue weighted by molar-refractivity contribution is 5.59. The first-order chi connectivity index (χ1) is 8.33. The van der Waals surface area contributed by atoms with Crippen LogP contribution in [0.3, 0.4) is 0 Å². The SMILES string of the molecule is C.Cc1cncc(-c2ccc3c(n2)CCCC3)c1. The third kappa shape index (κ3) is 2.42. The fourth-order valence-electron chi connectivity index (χ4n) is 2.44. The van der Waals surface area contributed by atoms with Crippen molar-refractivity contribution in [2.45, 2.75) is 40.0 Å². The van der Waals surface area contributed by atoms with E-state index in [2.05, 4.69) is 30.1 Å². The molecule has 1 aliphatic carbocycles. The Morgan fingerprint density at radius 1 is 1.06 bits per heavy atom. The van der Waals surface area contributed by atoms with Crippen LogP contribution in [0, 0.1) is 6.92 Å². The summed E-state index contributed by atoms with van der Waals surface area (Å²) < 4.78 is 0. The van der Waals surface area contributed by atoms with E-state index >= 15 is 0 Å². The summed E-state index contributed by atoms with van der Waals surface area (Å²) >= 11 is 0. The molecule has 0 saturated heterocycles. The third-order valence-electron chi connectivity index (χ3n) is 3.35. The molecule has 3 rings (SSSR count). The molecule has 2 aromatic rings. The molecular weight excluding hydrogens is 220 g/mol. The van der Waals surface area contributed by atoms with Crippen LogP contribution >= 0.6 is 0 Å². The first kappa shape index (κ1) is 12.7. The minimum Gasteiger partial charge on any atom is -0.264 e. The zero-order valence-electron chi connectivity index (χ0n) is 10.1. The van der Waals surface area contributed by atoms with Gasteiger partial charge in [0.05, 0.1) is 5.69 Å². The van der Waals surface area contributed by atoms with E-state index in [0.717, 1.165) is 17.7 Å². The van der Waals surface area contributed by atoms with Gasteiger partial charge in [0.2, 0.25) is 0 Å². The standard InChI is InChI=1S/C15H16N2.CH4/c1-11-8-13(10-16-9-11)15-7-6-12-4-2-3-5-14(12)17-15;/h6-10H,2-5H2,1H3;1H4. The molecule has 0 amide bonds. The highest BCUT2D eigenvalue weighted by atomic mass is 14.7. The molecule has 2 aromatic heterocycles. The lowest BCUT2D eigenvalue weighted by Gasteiger charge is -2.15. The van der Waals surface area contributed by atoms with Crippen molar-refractivity contribution in [3.05, 3.63) is 47.4 Å². The Morgan fingerprint density at radius 2 is 1.89 bits per heavy atom. The van der Waals surface area contributed by atoms with Gasteiger partial charge in [0.25, 0.3) is 0 Å². The van der Waals surface area contributed by atoms with E-state index in [1.54, 1.807) is 0 Å². The van der Waals surface area contributed by atoms with Gasteiger partial charge >= 0.3 is 0 Å². The lowest BCUT2D eigenvalue weighted by atomic mass is 9.95. The van der Waals surface area contributed by atoms with E-state index in [1.165, 1.54) is 36.1 Å². The molecule has 2 nitrogen and oxygen atoms in total. The molecule has 0 saturated carbocycles. The molecule has 0 unspecified atom stereocenters. The number of pyridine rings is 2. The summed E-state index contributed by atoms with van der Waals surface area (Å²) in [5.74, 6) is 0. The van der Waals surface area contributed by atoms with Gasteiger partial charge in [-0.3, -0.25) is 9.97 Å². The van der Waals surface area contributed by atoms with Crippen LogP contribution in [-0.4, -0.2) is 9.97 Å². The van der Waals surface area contributed by atoms with Crippen molar-refractivity contribution in [3.8, 4) is 11.3 Å². The summed E-state index contributed by atoms with van der Waals surface area (Å²) in [5.41, 5.74) is 6.08. The number of aromatic nitrogens is 2. The average Bonchev–Trinajstić information content (AvgIpc) is 2.38. The van der Waals surface area contributed by atoms with Crippen LogP contribution in [0.2, 0.25) is 0 Å². The Hall–Kier alpha value is -1.70. The van der Waals surface area contributed by atoms with Crippen LogP contribution in [0.4, 0.5) is 0 Å². The molecule has 0 bridgehead atoms. The summed E-state index contributed by atoms with van der Waals surface area (Å²) in [7, 11) is 0. The van der Waals surface area contributed by atoms with Gasteiger partial charge in [0.1, 0.15) is 0 Å². The van der Waals surface area contributed by atoms with E-state index in [-0.39, 0.29) is 7.43 Å². The highest BCUT2D eigenvalue weighted by Gasteiger charge is 2.11.